The Morgan fingerprint density at radius 1 is 0.444 bits per heavy atom. The molecular formula is C43H27N2+. The van der Waals surface area contributed by atoms with Crippen molar-refractivity contribution in [3.8, 4) is 22.3 Å². The molecule has 0 spiro atoms. The van der Waals surface area contributed by atoms with Crippen LogP contribution in [0.1, 0.15) is 11.1 Å². The van der Waals surface area contributed by atoms with E-state index in [0.29, 0.717) is 0 Å². The van der Waals surface area contributed by atoms with Gasteiger partial charge in [0.15, 0.2) is 0 Å². The monoisotopic (exact) mass is 571 g/mol. The van der Waals surface area contributed by atoms with E-state index in [1.54, 1.807) is 6.20 Å². The average molecular weight is 572 g/mol. The molecule has 208 valence electrons. The van der Waals surface area contributed by atoms with E-state index in [0.717, 1.165) is 16.8 Å². The highest BCUT2D eigenvalue weighted by molar-refractivity contribution is 6.30. The van der Waals surface area contributed by atoms with Crippen molar-refractivity contribution in [3.63, 3.8) is 0 Å². The van der Waals surface area contributed by atoms with Gasteiger partial charge in [0.25, 0.3) is 0 Å². The van der Waals surface area contributed by atoms with E-state index in [4.69, 9.17) is 4.67 Å². The molecule has 7 aromatic carbocycles. The molecule has 0 amide bonds. The third-order valence-corrected chi connectivity index (χ3v) is 9.07. The first kappa shape index (κ1) is 25.4. The largest absolute Gasteiger partial charge is 0.336 e. The van der Waals surface area contributed by atoms with Crippen LogP contribution >= 0.6 is 0 Å². The predicted octanol–water partition coefficient (Wildman–Crippen LogP) is 10.1. The van der Waals surface area contributed by atoms with Gasteiger partial charge in [-0.2, -0.15) is 0 Å². The summed E-state index contributed by atoms with van der Waals surface area (Å²) in [6, 6.07) is 50.6. The Bertz CT molecular complexity index is 2510. The summed E-state index contributed by atoms with van der Waals surface area (Å²) in [5, 5.41) is 9.98. The predicted molar refractivity (Wildman–Crippen MR) is 192 cm³/mol. The number of hydrogen-bond acceptors (Lipinski definition) is 1. The fraction of sp³-hybridized carbons (Fsp3) is 0. The van der Waals surface area contributed by atoms with Crippen molar-refractivity contribution in [1.29, 1.82) is 0 Å². The van der Waals surface area contributed by atoms with Crippen LogP contribution in [0, 0.1) is 0 Å². The number of fused-ring (bicyclic) bond motifs is 4. The molecule has 0 radical (unpaired) electrons. The van der Waals surface area contributed by atoms with Crippen molar-refractivity contribution in [2.75, 3.05) is 0 Å². The lowest BCUT2D eigenvalue weighted by atomic mass is 9.83. The van der Waals surface area contributed by atoms with Gasteiger partial charge in [-0.25, -0.2) is 0 Å². The van der Waals surface area contributed by atoms with E-state index in [2.05, 4.69) is 145 Å². The van der Waals surface area contributed by atoms with Gasteiger partial charge in [-0.05, 0) is 89.1 Å². The van der Waals surface area contributed by atoms with Crippen LogP contribution < -0.4 is 4.67 Å². The zero-order chi connectivity index (χ0) is 29.7. The highest BCUT2D eigenvalue weighted by Crippen LogP contribution is 2.46. The molecule has 0 bridgehead atoms. The zero-order valence-corrected chi connectivity index (χ0v) is 24.5. The van der Waals surface area contributed by atoms with Gasteiger partial charge in [-0.1, -0.05) is 126 Å². The van der Waals surface area contributed by atoms with Crippen LogP contribution in [-0.2, 0) is 0 Å². The maximum atomic E-state index is 4.75. The summed E-state index contributed by atoms with van der Waals surface area (Å²) in [7, 11) is 0. The van der Waals surface area contributed by atoms with E-state index < -0.39 is 0 Å². The molecule has 8 aromatic rings. The lowest BCUT2D eigenvalue weighted by Crippen LogP contribution is -1.97. The molecule has 1 aromatic heterocycles. The maximum absolute atomic E-state index is 4.75. The summed E-state index contributed by atoms with van der Waals surface area (Å²) in [5.41, 5.74) is 9.27. The molecule has 0 unspecified atom stereocenters. The van der Waals surface area contributed by atoms with Gasteiger partial charge >= 0.3 is 11.9 Å². The van der Waals surface area contributed by atoms with Gasteiger partial charge in [-0.15, -0.1) is 0 Å². The van der Waals surface area contributed by atoms with Gasteiger partial charge < -0.3 is 0 Å². The molecule has 0 saturated heterocycles. The molecule has 1 aliphatic heterocycles. The number of rotatable bonds is 4. The van der Waals surface area contributed by atoms with Crippen molar-refractivity contribution in [1.82, 2.24) is 9.65 Å². The van der Waals surface area contributed by atoms with Crippen LogP contribution in [-0.4, -0.2) is 16.9 Å². The molecular weight excluding hydrogens is 544 g/mol. The Labute approximate surface area is 261 Å². The second-order valence-electron chi connectivity index (χ2n) is 11.6. The second-order valence-corrected chi connectivity index (χ2v) is 11.6. The van der Waals surface area contributed by atoms with Crippen LogP contribution in [0.3, 0.4) is 0 Å². The van der Waals surface area contributed by atoms with Crippen LogP contribution in [0.15, 0.2) is 158 Å². The Morgan fingerprint density at radius 3 is 1.73 bits per heavy atom. The third-order valence-electron chi connectivity index (χ3n) is 9.07. The molecule has 0 saturated carbocycles. The number of benzene rings is 7. The Hall–Kier alpha value is -6.08. The zero-order valence-electron chi connectivity index (χ0n) is 24.5. The Balaban J connectivity index is 1.29. The molecule has 0 atom stereocenters. The Kier molecular flexibility index (Phi) is 5.81. The molecule has 0 fully saturated rings. The van der Waals surface area contributed by atoms with Gasteiger partial charge in [0.2, 0.25) is 0 Å². The number of allylic oxidation sites excluding steroid dienone is 2. The highest BCUT2D eigenvalue weighted by Gasteiger charge is 2.23. The molecule has 0 N–H and O–H groups in total. The quantitative estimate of drug-likeness (QED) is 0.153. The number of pyridine rings is 1. The van der Waals surface area contributed by atoms with E-state index >= 15 is 0 Å². The fourth-order valence-electron chi connectivity index (χ4n) is 7.02. The summed E-state index contributed by atoms with van der Waals surface area (Å²) in [5.74, 6) is 0. The van der Waals surface area contributed by atoms with Crippen molar-refractivity contribution in [3.05, 3.63) is 169 Å². The van der Waals surface area contributed by atoms with Gasteiger partial charge in [-0.3, -0.25) is 4.98 Å². The first-order valence-corrected chi connectivity index (χ1v) is 15.3. The molecule has 2 heteroatoms. The normalized spacial score (nSPS) is 12.7. The minimum absolute atomic E-state index is 0.938. The molecule has 1 aliphatic rings. The van der Waals surface area contributed by atoms with Gasteiger partial charge in [0, 0.05) is 18.5 Å². The lowest BCUT2D eigenvalue weighted by Gasteiger charge is -2.19. The first-order chi connectivity index (χ1) is 22.3. The standard InChI is InChI=1S/C43H27N2/c1-2-11-29-24-30(20-19-28(29)10-1)42-36-15-5-7-17-38(36)43(39-18-8-6-16-37(39)42)40-22-21-33(34-13-3-4-14-35(34)40)32-25-41(45-27-32)31-12-9-23-44-26-31/h1-27H/q+1. The van der Waals surface area contributed by atoms with Crippen molar-refractivity contribution < 1.29 is 0 Å². The van der Waals surface area contributed by atoms with Crippen molar-refractivity contribution in [2.24, 2.45) is 0 Å². The molecule has 9 rings (SSSR count). The van der Waals surface area contributed by atoms with E-state index in [9.17, 15) is 0 Å². The topological polar surface area (TPSA) is 27.0 Å². The minimum Gasteiger partial charge on any atom is -0.264 e. The summed E-state index contributed by atoms with van der Waals surface area (Å²) in [6.07, 6.45) is 7.81. The van der Waals surface area contributed by atoms with Crippen LogP contribution in [0.2, 0.25) is 0 Å². The van der Waals surface area contributed by atoms with Crippen molar-refractivity contribution >= 4 is 60.6 Å². The second kappa shape index (κ2) is 10.3. The smallest absolute Gasteiger partial charge is 0.264 e. The molecule has 45 heavy (non-hydrogen) atoms. The SMILES string of the molecule is C1=[N+]=C(c2cccnc2)C=C1c1ccc(-c2c3ccccc3c(-c3ccc4ccccc4c3)c3ccccc23)c2ccccc12. The highest BCUT2D eigenvalue weighted by atomic mass is 14.6. The third kappa shape index (κ3) is 4.12. The van der Waals surface area contributed by atoms with Crippen LogP contribution in [0.4, 0.5) is 0 Å². The van der Waals surface area contributed by atoms with Crippen molar-refractivity contribution in [2.45, 2.75) is 0 Å². The summed E-state index contributed by atoms with van der Waals surface area (Å²) in [6.45, 7) is 0. The summed E-state index contributed by atoms with van der Waals surface area (Å²) in [4.78, 5) is 4.29. The Morgan fingerprint density at radius 2 is 1.04 bits per heavy atom. The van der Waals surface area contributed by atoms with E-state index in [1.807, 2.05) is 18.5 Å². The van der Waals surface area contributed by atoms with Crippen LogP contribution in [0.25, 0.3) is 70.9 Å². The minimum atomic E-state index is 0.938. The van der Waals surface area contributed by atoms with Crippen LogP contribution in [0.5, 0.6) is 0 Å². The number of nitrogens with zero attached hydrogens (tertiary/aromatic N) is 2. The fourth-order valence-corrected chi connectivity index (χ4v) is 7.02. The number of aromatic nitrogens is 1. The molecule has 2 nitrogen and oxygen atoms in total. The molecule has 2 heterocycles. The lowest BCUT2D eigenvalue weighted by molar-refractivity contribution is 1.32. The maximum Gasteiger partial charge on any atom is 0.336 e. The van der Waals surface area contributed by atoms with Gasteiger partial charge in [0.05, 0.1) is 11.1 Å². The van der Waals surface area contributed by atoms with Gasteiger partial charge in [0.1, 0.15) is 0 Å². The average Bonchev–Trinajstić information content (AvgIpc) is 3.61. The molecule has 0 aliphatic carbocycles. The summed E-state index contributed by atoms with van der Waals surface area (Å²) >= 11 is 0. The summed E-state index contributed by atoms with van der Waals surface area (Å²) < 4.78 is 4.75. The van der Waals surface area contributed by atoms with E-state index in [-0.39, 0.29) is 0 Å². The van der Waals surface area contributed by atoms with E-state index in [1.165, 1.54) is 70.9 Å². The number of hydrogen-bond donors (Lipinski definition) is 0. The first-order valence-electron chi connectivity index (χ1n) is 15.3.